The summed E-state index contributed by atoms with van der Waals surface area (Å²) in [5, 5.41) is 0.678. The Hall–Kier alpha value is -0.530. The molecule has 1 aromatic carbocycles. The monoisotopic (exact) mass is 286 g/mol. The number of halogens is 2. The first-order chi connectivity index (χ1) is 7.20. The van der Waals surface area contributed by atoms with E-state index in [1.165, 1.54) is 0 Å². The van der Waals surface area contributed by atoms with E-state index in [0.717, 1.165) is 16.5 Å². The molecule has 1 unspecified atom stereocenters. The molecule has 0 saturated heterocycles. The Morgan fingerprint density at radius 2 is 2.33 bits per heavy atom. The van der Waals surface area contributed by atoms with Crippen LogP contribution in [0.1, 0.15) is 24.4 Å². The lowest BCUT2D eigenvalue weighted by atomic mass is 10.0. The van der Waals surface area contributed by atoms with E-state index in [1.807, 2.05) is 18.2 Å². The molecule has 0 bridgehead atoms. The summed E-state index contributed by atoms with van der Waals surface area (Å²) in [6, 6.07) is 5.74. The summed E-state index contributed by atoms with van der Waals surface area (Å²) < 4.78 is 0.864. The molecule has 0 aromatic heterocycles. The molecule has 0 amide bonds. The molecule has 0 saturated carbocycles. The van der Waals surface area contributed by atoms with Crippen molar-refractivity contribution in [3.8, 4) is 12.3 Å². The van der Waals surface area contributed by atoms with Crippen LogP contribution in [0.4, 0.5) is 0 Å². The molecule has 15 heavy (non-hydrogen) atoms. The predicted octanol–water partition coefficient (Wildman–Crippen LogP) is 3.02. The minimum Gasteiger partial charge on any atom is -0.271 e. The zero-order valence-corrected chi connectivity index (χ0v) is 10.5. The quantitative estimate of drug-likeness (QED) is 0.507. The van der Waals surface area contributed by atoms with Gasteiger partial charge < -0.3 is 0 Å². The van der Waals surface area contributed by atoms with Gasteiger partial charge >= 0.3 is 0 Å². The van der Waals surface area contributed by atoms with Gasteiger partial charge in [-0.25, -0.2) is 0 Å². The van der Waals surface area contributed by atoms with Gasteiger partial charge in [0.2, 0.25) is 0 Å². The summed E-state index contributed by atoms with van der Waals surface area (Å²) in [6.45, 7) is 0. The SMILES string of the molecule is C#CCCC(NN)c1cccc(Br)c1Cl. The third kappa shape index (κ3) is 3.22. The first kappa shape index (κ1) is 12.5. The van der Waals surface area contributed by atoms with Gasteiger partial charge in [-0.3, -0.25) is 11.3 Å². The van der Waals surface area contributed by atoms with Crippen LogP contribution in [0, 0.1) is 12.3 Å². The van der Waals surface area contributed by atoms with Crippen LogP contribution in [0.5, 0.6) is 0 Å². The number of hydrogen-bond donors (Lipinski definition) is 2. The molecule has 3 N–H and O–H groups in total. The van der Waals surface area contributed by atoms with Crippen molar-refractivity contribution in [2.45, 2.75) is 18.9 Å². The van der Waals surface area contributed by atoms with Crippen molar-refractivity contribution in [1.82, 2.24) is 5.43 Å². The second-order valence-electron chi connectivity index (χ2n) is 3.11. The molecule has 1 atom stereocenters. The summed E-state index contributed by atoms with van der Waals surface area (Å²) in [6.07, 6.45) is 6.65. The van der Waals surface area contributed by atoms with E-state index in [9.17, 15) is 0 Å². The number of hydrazine groups is 1. The molecule has 4 heteroatoms. The lowest BCUT2D eigenvalue weighted by Gasteiger charge is -2.17. The van der Waals surface area contributed by atoms with Crippen LogP contribution >= 0.6 is 27.5 Å². The lowest BCUT2D eigenvalue weighted by molar-refractivity contribution is 0.524. The molecule has 1 aromatic rings. The molecule has 1 rings (SSSR count). The minimum absolute atomic E-state index is 0.00829. The van der Waals surface area contributed by atoms with Gasteiger partial charge in [-0.15, -0.1) is 12.3 Å². The van der Waals surface area contributed by atoms with Crippen molar-refractivity contribution < 1.29 is 0 Å². The maximum atomic E-state index is 6.15. The van der Waals surface area contributed by atoms with Crippen LogP contribution in [0.15, 0.2) is 22.7 Å². The van der Waals surface area contributed by atoms with Crippen LogP contribution in [-0.4, -0.2) is 0 Å². The Kier molecular flexibility index (Phi) is 5.13. The standard InChI is InChI=1S/C11H12BrClN2/c1-2-3-7-10(15-14)8-5-4-6-9(12)11(8)13/h1,4-6,10,15H,3,7,14H2. The summed E-state index contributed by atoms with van der Waals surface area (Å²) in [7, 11) is 0. The van der Waals surface area contributed by atoms with Gasteiger partial charge in [0.05, 0.1) is 5.02 Å². The van der Waals surface area contributed by atoms with Gasteiger partial charge in [0.1, 0.15) is 0 Å². The Morgan fingerprint density at radius 3 is 2.93 bits per heavy atom. The zero-order valence-electron chi connectivity index (χ0n) is 8.13. The number of rotatable bonds is 4. The first-order valence-corrected chi connectivity index (χ1v) is 5.71. The molecule has 0 spiro atoms. The molecule has 0 radical (unpaired) electrons. The predicted molar refractivity (Wildman–Crippen MR) is 67.3 cm³/mol. The van der Waals surface area contributed by atoms with Gasteiger partial charge in [0.15, 0.2) is 0 Å². The molecule has 0 aliphatic carbocycles. The van der Waals surface area contributed by atoms with Crippen molar-refractivity contribution in [3.05, 3.63) is 33.3 Å². The van der Waals surface area contributed by atoms with Crippen LogP contribution in [-0.2, 0) is 0 Å². The third-order valence-electron chi connectivity index (χ3n) is 2.14. The average Bonchev–Trinajstić information content (AvgIpc) is 2.25. The highest BCUT2D eigenvalue weighted by Gasteiger charge is 2.13. The van der Waals surface area contributed by atoms with E-state index >= 15 is 0 Å². The molecule has 80 valence electrons. The van der Waals surface area contributed by atoms with E-state index in [-0.39, 0.29) is 6.04 Å². The normalized spacial score (nSPS) is 12.1. The summed E-state index contributed by atoms with van der Waals surface area (Å²) in [5.74, 6) is 8.06. The van der Waals surface area contributed by atoms with Gasteiger partial charge in [0.25, 0.3) is 0 Å². The third-order valence-corrected chi connectivity index (χ3v) is 3.45. The Bertz CT molecular complexity index is 373. The largest absolute Gasteiger partial charge is 0.271 e. The topological polar surface area (TPSA) is 38.0 Å². The van der Waals surface area contributed by atoms with Crippen molar-refractivity contribution >= 4 is 27.5 Å². The second kappa shape index (κ2) is 6.14. The van der Waals surface area contributed by atoms with E-state index in [0.29, 0.717) is 11.4 Å². The molecular weight excluding hydrogens is 275 g/mol. The molecule has 0 heterocycles. The number of hydrogen-bond acceptors (Lipinski definition) is 2. The van der Waals surface area contributed by atoms with Gasteiger partial charge in [-0.2, -0.15) is 0 Å². The molecule has 2 nitrogen and oxygen atoms in total. The molecular formula is C11H12BrClN2. The highest BCUT2D eigenvalue weighted by atomic mass is 79.9. The van der Waals surface area contributed by atoms with Gasteiger partial charge in [0, 0.05) is 16.9 Å². The Labute approximate surface area is 103 Å². The fraction of sp³-hybridized carbons (Fsp3) is 0.273. The summed E-state index contributed by atoms with van der Waals surface area (Å²) in [4.78, 5) is 0. The van der Waals surface area contributed by atoms with Crippen LogP contribution in [0.2, 0.25) is 5.02 Å². The lowest BCUT2D eigenvalue weighted by Crippen LogP contribution is -2.28. The highest BCUT2D eigenvalue weighted by molar-refractivity contribution is 9.10. The maximum absolute atomic E-state index is 6.15. The fourth-order valence-electron chi connectivity index (χ4n) is 1.35. The second-order valence-corrected chi connectivity index (χ2v) is 4.34. The number of nitrogens with one attached hydrogen (secondary N) is 1. The van der Waals surface area contributed by atoms with Crippen molar-refractivity contribution in [2.24, 2.45) is 5.84 Å². The number of nitrogens with two attached hydrogens (primary N) is 1. The van der Waals surface area contributed by atoms with E-state index in [4.69, 9.17) is 23.9 Å². The van der Waals surface area contributed by atoms with E-state index in [1.54, 1.807) is 0 Å². The van der Waals surface area contributed by atoms with Crippen LogP contribution in [0.3, 0.4) is 0 Å². The van der Waals surface area contributed by atoms with Crippen LogP contribution < -0.4 is 11.3 Å². The van der Waals surface area contributed by atoms with Crippen molar-refractivity contribution in [1.29, 1.82) is 0 Å². The van der Waals surface area contributed by atoms with E-state index < -0.39 is 0 Å². The number of terminal acetylenes is 1. The average molecular weight is 288 g/mol. The van der Waals surface area contributed by atoms with Crippen molar-refractivity contribution in [3.63, 3.8) is 0 Å². The fourth-order valence-corrected chi connectivity index (χ4v) is 1.99. The summed E-state index contributed by atoms with van der Waals surface area (Å²) >= 11 is 9.52. The summed E-state index contributed by atoms with van der Waals surface area (Å²) in [5.41, 5.74) is 3.68. The van der Waals surface area contributed by atoms with Crippen LogP contribution in [0.25, 0.3) is 0 Å². The van der Waals surface area contributed by atoms with Gasteiger partial charge in [-0.05, 0) is 34.0 Å². The smallest absolute Gasteiger partial charge is 0.0596 e. The molecule has 0 aliphatic heterocycles. The minimum atomic E-state index is -0.00829. The zero-order chi connectivity index (χ0) is 11.3. The van der Waals surface area contributed by atoms with Gasteiger partial charge in [-0.1, -0.05) is 23.7 Å². The first-order valence-electron chi connectivity index (χ1n) is 4.54. The Morgan fingerprint density at radius 1 is 1.60 bits per heavy atom. The highest BCUT2D eigenvalue weighted by Crippen LogP contribution is 2.31. The molecule has 0 fully saturated rings. The van der Waals surface area contributed by atoms with E-state index in [2.05, 4.69) is 27.3 Å². The Balaban J connectivity index is 2.92. The molecule has 0 aliphatic rings. The maximum Gasteiger partial charge on any atom is 0.0596 e. The van der Waals surface area contributed by atoms with Crippen molar-refractivity contribution in [2.75, 3.05) is 0 Å². The number of benzene rings is 1.